The summed E-state index contributed by atoms with van der Waals surface area (Å²) < 4.78 is 22.2. The molecule has 172 valence electrons. The van der Waals surface area contributed by atoms with Gasteiger partial charge in [-0.15, -0.1) is 0 Å². The maximum absolute atomic E-state index is 13.2. The van der Waals surface area contributed by atoms with Crippen LogP contribution in [0.25, 0.3) is 6.08 Å². The molecule has 0 atom stereocenters. The number of rotatable bonds is 9. The van der Waals surface area contributed by atoms with Crippen LogP contribution in [-0.4, -0.2) is 50.7 Å². The zero-order valence-corrected chi connectivity index (χ0v) is 19.6. The molecule has 1 aliphatic heterocycles. The molecule has 0 aromatic heterocycles. The second-order valence-corrected chi connectivity index (χ2v) is 7.89. The van der Waals surface area contributed by atoms with Crippen LogP contribution in [-0.2, 0) is 6.54 Å². The van der Waals surface area contributed by atoms with Crippen molar-refractivity contribution < 1.29 is 28.8 Å². The molecular formula is C25H31NO6. The number of phenols is 1. The Morgan fingerprint density at radius 3 is 2.31 bits per heavy atom. The lowest BCUT2D eigenvalue weighted by atomic mass is 9.99. The van der Waals surface area contributed by atoms with Gasteiger partial charge in [0, 0.05) is 6.54 Å². The molecule has 1 aliphatic rings. The maximum atomic E-state index is 13.2. The molecule has 1 heterocycles. The second-order valence-electron chi connectivity index (χ2n) is 7.89. The van der Waals surface area contributed by atoms with Gasteiger partial charge in [0.2, 0.25) is 11.5 Å². The minimum atomic E-state index is -0.219. The number of aryl methyl sites for hydroxylation is 1. The predicted octanol–water partition coefficient (Wildman–Crippen LogP) is 4.57. The fourth-order valence-electron chi connectivity index (χ4n) is 3.85. The van der Waals surface area contributed by atoms with Gasteiger partial charge in [-0.3, -0.25) is 4.79 Å². The number of hydrogen-bond donors (Lipinski definition) is 1. The highest BCUT2D eigenvalue weighted by molar-refractivity contribution is 6.16. The number of carbonyl (C=O) groups excluding carboxylic acids is 1. The summed E-state index contributed by atoms with van der Waals surface area (Å²) in [4.78, 5) is 15.3. The van der Waals surface area contributed by atoms with Crippen molar-refractivity contribution in [1.82, 2.24) is 4.90 Å². The maximum Gasteiger partial charge on any atom is 0.232 e. The predicted molar refractivity (Wildman–Crippen MR) is 123 cm³/mol. The van der Waals surface area contributed by atoms with Crippen LogP contribution in [0.5, 0.6) is 28.7 Å². The fourth-order valence-corrected chi connectivity index (χ4v) is 3.85. The van der Waals surface area contributed by atoms with Crippen molar-refractivity contribution in [3.05, 3.63) is 46.2 Å². The van der Waals surface area contributed by atoms with E-state index in [2.05, 4.69) is 11.8 Å². The monoisotopic (exact) mass is 441 g/mol. The van der Waals surface area contributed by atoms with Gasteiger partial charge in [0.25, 0.3) is 0 Å². The van der Waals surface area contributed by atoms with E-state index in [9.17, 15) is 9.90 Å². The van der Waals surface area contributed by atoms with Gasteiger partial charge in [-0.05, 0) is 62.3 Å². The molecule has 0 bridgehead atoms. The zero-order valence-electron chi connectivity index (χ0n) is 19.6. The van der Waals surface area contributed by atoms with E-state index in [0.717, 1.165) is 19.4 Å². The van der Waals surface area contributed by atoms with Crippen LogP contribution in [0.4, 0.5) is 0 Å². The Kier molecular flexibility index (Phi) is 7.30. The molecule has 1 N–H and O–H groups in total. The lowest BCUT2D eigenvalue weighted by Gasteiger charge is -2.19. The van der Waals surface area contributed by atoms with Crippen molar-refractivity contribution in [3.8, 4) is 28.7 Å². The molecule has 0 aliphatic carbocycles. The number of hydrogen-bond acceptors (Lipinski definition) is 7. The highest BCUT2D eigenvalue weighted by atomic mass is 16.5. The first kappa shape index (κ1) is 23.5. The minimum Gasteiger partial charge on any atom is -0.507 e. The number of ether oxygens (including phenoxy) is 4. The molecule has 3 rings (SSSR count). The highest BCUT2D eigenvalue weighted by Gasteiger charge is 2.33. The minimum absolute atomic E-state index is 0.131. The lowest BCUT2D eigenvalue weighted by Crippen LogP contribution is -2.19. The largest absolute Gasteiger partial charge is 0.507 e. The number of ketones is 1. The van der Waals surface area contributed by atoms with E-state index in [1.165, 1.54) is 21.3 Å². The van der Waals surface area contributed by atoms with E-state index < -0.39 is 0 Å². The smallest absolute Gasteiger partial charge is 0.232 e. The Labute approximate surface area is 189 Å². The molecule has 32 heavy (non-hydrogen) atoms. The molecule has 0 radical (unpaired) electrons. The Morgan fingerprint density at radius 1 is 1.09 bits per heavy atom. The van der Waals surface area contributed by atoms with E-state index >= 15 is 0 Å². The number of phenolic OH excluding ortho intramolecular Hbond substituents is 1. The summed E-state index contributed by atoms with van der Waals surface area (Å²) >= 11 is 0. The number of methoxy groups -OCH3 is 3. The molecule has 2 aromatic carbocycles. The number of allylic oxidation sites excluding steroid dienone is 1. The van der Waals surface area contributed by atoms with Gasteiger partial charge in [0.15, 0.2) is 17.3 Å². The van der Waals surface area contributed by atoms with Crippen LogP contribution in [0.3, 0.4) is 0 Å². The van der Waals surface area contributed by atoms with E-state index in [1.807, 2.05) is 7.05 Å². The van der Waals surface area contributed by atoms with Gasteiger partial charge in [-0.2, -0.15) is 0 Å². The molecule has 0 spiro atoms. The fraction of sp³-hybridized carbons (Fsp3) is 0.400. The first-order chi connectivity index (χ1) is 15.3. The molecule has 7 nitrogen and oxygen atoms in total. The van der Waals surface area contributed by atoms with Crippen LogP contribution in [0.2, 0.25) is 0 Å². The van der Waals surface area contributed by atoms with Gasteiger partial charge < -0.3 is 29.0 Å². The first-order valence-corrected chi connectivity index (χ1v) is 10.6. The van der Waals surface area contributed by atoms with Crippen molar-refractivity contribution in [2.45, 2.75) is 33.2 Å². The normalized spacial score (nSPS) is 14.0. The van der Waals surface area contributed by atoms with Gasteiger partial charge >= 0.3 is 0 Å². The number of aromatic hydroxyl groups is 1. The number of benzene rings is 2. The van der Waals surface area contributed by atoms with Crippen LogP contribution in [0.15, 0.2) is 24.0 Å². The number of Topliss-reactive ketones (excluding diaryl/α,β-unsaturated/α-hetero) is 1. The Bertz CT molecular complexity index is 1020. The zero-order chi connectivity index (χ0) is 23.4. The van der Waals surface area contributed by atoms with Crippen LogP contribution in [0.1, 0.15) is 46.8 Å². The van der Waals surface area contributed by atoms with Crippen LogP contribution >= 0.6 is 0 Å². The molecule has 0 fully saturated rings. The topological polar surface area (TPSA) is 77.5 Å². The first-order valence-electron chi connectivity index (χ1n) is 10.6. The summed E-state index contributed by atoms with van der Waals surface area (Å²) in [6, 6.07) is 5.13. The summed E-state index contributed by atoms with van der Waals surface area (Å²) in [6.45, 7) is 5.31. The molecule has 0 saturated heterocycles. The molecule has 7 heteroatoms. The number of unbranched alkanes of at least 4 members (excludes halogenated alkanes) is 1. The second kappa shape index (κ2) is 9.96. The van der Waals surface area contributed by atoms with E-state index in [-0.39, 0.29) is 17.3 Å². The number of carbonyl (C=O) groups is 1. The van der Waals surface area contributed by atoms with Gasteiger partial charge in [-0.25, -0.2) is 0 Å². The van der Waals surface area contributed by atoms with E-state index in [1.54, 1.807) is 31.2 Å². The van der Waals surface area contributed by atoms with Gasteiger partial charge in [0.1, 0.15) is 11.5 Å². The summed E-state index contributed by atoms with van der Waals surface area (Å²) in [5.41, 5.74) is 2.45. The summed E-state index contributed by atoms with van der Waals surface area (Å²) in [5, 5.41) is 10.6. The Morgan fingerprint density at radius 2 is 1.75 bits per heavy atom. The summed E-state index contributed by atoms with van der Waals surface area (Å²) in [6.07, 6.45) is 3.78. The third-order valence-electron chi connectivity index (χ3n) is 5.53. The number of fused-ring (bicyclic) bond motifs is 1. The van der Waals surface area contributed by atoms with Crippen molar-refractivity contribution in [3.63, 3.8) is 0 Å². The Hall–Kier alpha value is -3.19. The average Bonchev–Trinajstić information content (AvgIpc) is 3.10. The lowest BCUT2D eigenvalue weighted by molar-refractivity contribution is 0.101. The molecule has 0 saturated carbocycles. The summed E-state index contributed by atoms with van der Waals surface area (Å²) in [7, 11) is 6.60. The third kappa shape index (κ3) is 4.53. The van der Waals surface area contributed by atoms with Crippen LogP contribution in [0, 0.1) is 6.92 Å². The van der Waals surface area contributed by atoms with Crippen LogP contribution < -0.4 is 18.9 Å². The molecular weight excluding hydrogens is 410 g/mol. The third-order valence-corrected chi connectivity index (χ3v) is 5.53. The van der Waals surface area contributed by atoms with Gasteiger partial charge in [0.05, 0.1) is 32.5 Å². The Balaban J connectivity index is 2.01. The molecule has 2 aromatic rings. The quantitative estimate of drug-likeness (QED) is 0.571. The van der Waals surface area contributed by atoms with Crippen molar-refractivity contribution >= 4 is 11.9 Å². The van der Waals surface area contributed by atoms with E-state index in [4.69, 9.17) is 18.9 Å². The summed E-state index contributed by atoms with van der Waals surface area (Å²) in [5.74, 6) is 1.95. The average molecular weight is 442 g/mol. The van der Waals surface area contributed by atoms with E-state index in [0.29, 0.717) is 51.8 Å². The molecule has 0 unspecified atom stereocenters. The van der Waals surface area contributed by atoms with Crippen molar-refractivity contribution in [2.24, 2.45) is 0 Å². The van der Waals surface area contributed by atoms with Gasteiger partial charge in [-0.1, -0.05) is 13.3 Å². The standard InChI is InChI=1S/C25H31NO6/c1-7-8-9-26(3)14-17-18(27)10-15(2)22-23(28)19(32-24(17)22)11-16-12-20(29-4)25(31-6)21(13-16)30-5/h10-13,27H,7-9,14H2,1-6H3/b19-11-. The number of nitrogens with zero attached hydrogens (tertiary/aromatic N) is 1. The van der Waals surface area contributed by atoms with Crippen molar-refractivity contribution in [1.29, 1.82) is 0 Å². The SMILES string of the molecule is CCCCN(C)Cc1c(O)cc(C)c2c1O/C(=C\c1cc(OC)c(OC)c(OC)c1)C2=O. The van der Waals surface area contributed by atoms with Crippen molar-refractivity contribution in [2.75, 3.05) is 34.9 Å². The highest BCUT2D eigenvalue weighted by Crippen LogP contribution is 2.43. The molecule has 0 amide bonds.